The summed E-state index contributed by atoms with van der Waals surface area (Å²) < 4.78 is 39.1. The quantitative estimate of drug-likeness (QED) is 0.403. The van der Waals surface area contributed by atoms with Gasteiger partial charge in [-0.3, -0.25) is 4.79 Å². The lowest BCUT2D eigenvalue weighted by molar-refractivity contribution is -0.120. The van der Waals surface area contributed by atoms with Crippen molar-refractivity contribution >= 4 is 33.4 Å². The van der Waals surface area contributed by atoms with Crippen molar-refractivity contribution in [2.24, 2.45) is 0 Å². The van der Waals surface area contributed by atoms with E-state index in [1.54, 1.807) is 31.3 Å². The molecule has 208 valence electrons. The van der Waals surface area contributed by atoms with E-state index in [1.165, 1.54) is 11.3 Å². The van der Waals surface area contributed by atoms with Gasteiger partial charge in [0.1, 0.15) is 0 Å². The number of sulfonamides is 1. The standard InChI is InChI=1S/C26H36N4O6S2/c1-4-28-38(33,34)23-11-17(12-24(31)29-16(2)3)5-10-21(23)22-13-27-25(37-22)18-6-8-19(9-7-18)30-26(32)36-20-14-35-15-20/h5,10-11,13,16,18-20,28H,4,6-9,12,14-15H2,1-3H3,(H,29,31)(H,30,32). The first-order valence-electron chi connectivity index (χ1n) is 13.1. The van der Waals surface area contributed by atoms with Crippen molar-refractivity contribution in [3.05, 3.63) is 35.0 Å². The molecule has 0 unspecified atom stereocenters. The summed E-state index contributed by atoms with van der Waals surface area (Å²) in [6.07, 6.45) is 4.68. The Hall–Kier alpha value is -2.54. The number of rotatable bonds is 10. The Morgan fingerprint density at radius 1 is 1.18 bits per heavy atom. The van der Waals surface area contributed by atoms with Crippen molar-refractivity contribution in [1.29, 1.82) is 0 Å². The Bertz CT molecular complexity index is 1230. The number of hydrogen-bond donors (Lipinski definition) is 3. The summed E-state index contributed by atoms with van der Waals surface area (Å²) >= 11 is 1.49. The van der Waals surface area contributed by atoms with Crippen LogP contribution in [0.15, 0.2) is 29.3 Å². The van der Waals surface area contributed by atoms with E-state index >= 15 is 0 Å². The van der Waals surface area contributed by atoms with Gasteiger partial charge in [-0.25, -0.2) is 22.9 Å². The Kier molecular flexibility index (Phi) is 9.40. The fourth-order valence-electron chi connectivity index (χ4n) is 4.65. The van der Waals surface area contributed by atoms with E-state index in [9.17, 15) is 18.0 Å². The van der Waals surface area contributed by atoms with E-state index in [4.69, 9.17) is 9.47 Å². The first kappa shape index (κ1) is 28.5. The van der Waals surface area contributed by atoms with Gasteiger partial charge in [0.15, 0.2) is 6.10 Å². The molecule has 12 heteroatoms. The molecule has 4 rings (SSSR count). The second-order valence-corrected chi connectivity index (χ2v) is 12.8. The minimum Gasteiger partial charge on any atom is -0.441 e. The second kappa shape index (κ2) is 12.5. The van der Waals surface area contributed by atoms with E-state index in [1.807, 2.05) is 13.8 Å². The van der Waals surface area contributed by atoms with Crippen LogP contribution in [0.3, 0.4) is 0 Å². The normalized spacial score (nSPS) is 20.1. The molecule has 1 aromatic heterocycles. The number of aromatic nitrogens is 1. The minimum absolute atomic E-state index is 0.00412. The fraction of sp³-hybridized carbons (Fsp3) is 0.577. The van der Waals surface area contributed by atoms with Crippen LogP contribution in [0, 0.1) is 0 Å². The highest BCUT2D eigenvalue weighted by Gasteiger charge is 2.29. The van der Waals surface area contributed by atoms with Gasteiger partial charge in [-0.1, -0.05) is 19.1 Å². The Morgan fingerprint density at radius 3 is 2.55 bits per heavy atom. The van der Waals surface area contributed by atoms with E-state index in [0.717, 1.165) is 35.6 Å². The number of nitrogens with one attached hydrogen (secondary N) is 3. The number of alkyl carbamates (subject to hydrolysis) is 1. The number of nitrogens with zero attached hydrogens (tertiary/aromatic N) is 1. The van der Waals surface area contributed by atoms with E-state index < -0.39 is 16.1 Å². The summed E-state index contributed by atoms with van der Waals surface area (Å²) in [7, 11) is -3.77. The third-order valence-electron chi connectivity index (χ3n) is 6.55. The maximum Gasteiger partial charge on any atom is 0.407 e. The van der Waals surface area contributed by atoms with Crippen LogP contribution >= 0.6 is 11.3 Å². The van der Waals surface area contributed by atoms with Crippen molar-refractivity contribution in [2.75, 3.05) is 19.8 Å². The fourth-order valence-corrected chi connectivity index (χ4v) is 7.15. The third-order valence-corrected chi connectivity index (χ3v) is 9.33. The van der Waals surface area contributed by atoms with Gasteiger partial charge in [0, 0.05) is 36.3 Å². The molecule has 2 aliphatic rings. The highest BCUT2D eigenvalue weighted by atomic mass is 32.2. The number of benzene rings is 1. The molecule has 1 aromatic carbocycles. The summed E-state index contributed by atoms with van der Waals surface area (Å²) in [4.78, 5) is 29.9. The largest absolute Gasteiger partial charge is 0.441 e. The highest BCUT2D eigenvalue weighted by Crippen LogP contribution is 2.39. The van der Waals surface area contributed by atoms with E-state index in [-0.39, 0.29) is 47.9 Å². The van der Waals surface area contributed by atoms with Gasteiger partial charge < -0.3 is 20.1 Å². The van der Waals surface area contributed by atoms with Gasteiger partial charge >= 0.3 is 6.09 Å². The molecule has 1 aliphatic carbocycles. The lowest BCUT2D eigenvalue weighted by Crippen LogP contribution is -2.44. The number of carbonyl (C=O) groups excluding carboxylic acids is 2. The van der Waals surface area contributed by atoms with Crippen molar-refractivity contribution in [3.63, 3.8) is 0 Å². The van der Waals surface area contributed by atoms with Gasteiger partial charge in [0.25, 0.3) is 0 Å². The SMILES string of the molecule is CCNS(=O)(=O)c1cc(CC(=O)NC(C)C)ccc1-c1cnc(C2CCC(NC(=O)OC3COC3)CC2)s1. The number of ether oxygens (including phenoxy) is 2. The highest BCUT2D eigenvalue weighted by molar-refractivity contribution is 7.89. The molecular formula is C26H36N4O6S2. The Balaban J connectivity index is 1.45. The molecule has 2 aromatic rings. The van der Waals surface area contributed by atoms with Gasteiger partial charge in [-0.2, -0.15) is 0 Å². The lowest BCUT2D eigenvalue weighted by Gasteiger charge is -2.30. The first-order chi connectivity index (χ1) is 18.1. The summed E-state index contributed by atoms with van der Waals surface area (Å²) in [6.45, 7) is 6.67. The zero-order valence-corrected chi connectivity index (χ0v) is 23.6. The zero-order valence-electron chi connectivity index (χ0n) is 22.0. The Morgan fingerprint density at radius 2 is 1.92 bits per heavy atom. The molecule has 0 bridgehead atoms. The summed E-state index contributed by atoms with van der Waals surface area (Å²) in [5.74, 6) is 0.0886. The number of amides is 2. The topological polar surface area (TPSA) is 136 Å². The molecule has 10 nitrogen and oxygen atoms in total. The zero-order chi connectivity index (χ0) is 27.3. The van der Waals surface area contributed by atoms with Crippen LogP contribution in [-0.2, 0) is 30.7 Å². The summed E-state index contributed by atoms with van der Waals surface area (Å²) in [6, 6.07) is 5.21. The molecule has 2 fully saturated rings. The maximum absolute atomic E-state index is 13.1. The molecule has 1 saturated heterocycles. The summed E-state index contributed by atoms with van der Waals surface area (Å²) in [5.41, 5.74) is 1.20. The Labute approximate surface area is 228 Å². The van der Waals surface area contributed by atoms with Gasteiger partial charge in [-0.15, -0.1) is 11.3 Å². The average Bonchev–Trinajstić information content (AvgIpc) is 3.31. The monoisotopic (exact) mass is 564 g/mol. The number of carbonyl (C=O) groups is 2. The molecule has 38 heavy (non-hydrogen) atoms. The van der Waals surface area contributed by atoms with Crippen LogP contribution in [0.5, 0.6) is 0 Å². The molecule has 0 spiro atoms. The van der Waals surface area contributed by atoms with Crippen LogP contribution in [-0.4, -0.2) is 63.3 Å². The van der Waals surface area contributed by atoms with Gasteiger partial charge in [0.05, 0.1) is 34.4 Å². The van der Waals surface area contributed by atoms with Crippen molar-refractivity contribution in [2.45, 2.75) is 81.9 Å². The van der Waals surface area contributed by atoms with Crippen molar-refractivity contribution in [3.8, 4) is 10.4 Å². The van der Waals surface area contributed by atoms with Crippen LogP contribution in [0.1, 0.15) is 62.9 Å². The minimum atomic E-state index is -3.77. The molecular weight excluding hydrogens is 528 g/mol. The molecule has 0 atom stereocenters. The molecule has 2 heterocycles. The molecule has 1 aliphatic heterocycles. The lowest BCUT2D eigenvalue weighted by atomic mass is 9.86. The maximum atomic E-state index is 13.1. The second-order valence-electron chi connectivity index (χ2n) is 10.1. The molecule has 0 radical (unpaired) electrons. The van der Waals surface area contributed by atoms with Crippen LogP contribution in [0.4, 0.5) is 4.79 Å². The van der Waals surface area contributed by atoms with Crippen LogP contribution in [0.25, 0.3) is 10.4 Å². The predicted octanol–water partition coefficient (Wildman–Crippen LogP) is 3.33. The van der Waals surface area contributed by atoms with Crippen molar-refractivity contribution in [1.82, 2.24) is 20.3 Å². The summed E-state index contributed by atoms with van der Waals surface area (Å²) in [5, 5.41) is 6.75. The number of thiazole rings is 1. The molecule has 1 saturated carbocycles. The molecule has 2 amide bonds. The van der Waals surface area contributed by atoms with Crippen LogP contribution in [0.2, 0.25) is 0 Å². The molecule has 3 N–H and O–H groups in total. The van der Waals surface area contributed by atoms with Crippen molar-refractivity contribution < 1.29 is 27.5 Å². The van der Waals surface area contributed by atoms with E-state index in [2.05, 4.69) is 20.3 Å². The average molecular weight is 565 g/mol. The van der Waals surface area contributed by atoms with E-state index in [0.29, 0.717) is 24.3 Å². The van der Waals surface area contributed by atoms with Gasteiger partial charge in [-0.05, 0) is 51.2 Å². The van der Waals surface area contributed by atoms with Gasteiger partial charge in [0.2, 0.25) is 15.9 Å². The van der Waals surface area contributed by atoms with Crippen LogP contribution < -0.4 is 15.4 Å². The predicted molar refractivity (Wildman–Crippen MR) is 145 cm³/mol. The first-order valence-corrected chi connectivity index (χ1v) is 15.4. The third kappa shape index (κ3) is 7.31. The smallest absolute Gasteiger partial charge is 0.407 e. The number of hydrogen-bond acceptors (Lipinski definition) is 8.